The SMILES string of the molecule is CCCC(=O)Oc1ccc(C[C@H](NCCOC(=O)OCCC(C)C)C(=O)OC)cc1OC(=O)CCC. The average molecular weight is 510 g/mol. The zero-order chi connectivity index (χ0) is 26.9. The second-order valence-corrected chi connectivity index (χ2v) is 8.59. The predicted octanol–water partition coefficient (Wildman–Crippen LogP) is 3.97. The second kappa shape index (κ2) is 17.3. The molecule has 1 aromatic rings. The van der Waals surface area contributed by atoms with E-state index in [1.165, 1.54) is 13.2 Å². The van der Waals surface area contributed by atoms with Crippen LogP contribution in [0.15, 0.2) is 18.2 Å². The van der Waals surface area contributed by atoms with Crippen molar-refractivity contribution in [2.45, 2.75) is 72.3 Å². The highest BCUT2D eigenvalue weighted by atomic mass is 16.7. The first-order chi connectivity index (χ1) is 17.2. The normalized spacial score (nSPS) is 11.5. The standard InChI is InChI=1S/C26H39NO9/c1-6-8-23(28)35-21-11-10-19(17-22(21)36-24(29)9-7-2)16-20(25(30)32-5)27-13-15-34-26(31)33-14-12-18(3)4/h10-11,17-18,20,27H,6-9,12-16H2,1-5H3/t20-/m0/s1. The minimum atomic E-state index is -0.765. The molecule has 36 heavy (non-hydrogen) atoms. The maximum absolute atomic E-state index is 12.3. The second-order valence-electron chi connectivity index (χ2n) is 8.59. The van der Waals surface area contributed by atoms with E-state index in [-0.39, 0.29) is 50.5 Å². The highest BCUT2D eigenvalue weighted by Gasteiger charge is 2.21. The van der Waals surface area contributed by atoms with Crippen molar-refractivity contribution in [2.75, 3.05) is 26.9 Å². The summed E-state index contributed by atoms with van der Waals surface area (Å²) in [5, 5.41) is 2.99. The van der Waals surface area contributed by atoms with E-state index in [1.54, 1.807) is 12.1 Å². The van der Waals surface area contributed by atoms with Crippen molar-refractivity contribution in [3.05, 3.63) is 23.8 Å². The number of rotatable bonds is 16. The molecule has 0 amide bonds. The molecule has 0 saturated heterocycles. The Morgan fingerprint density at radius 3 is 2.08 bits per heavy atom. The van der Waals surface area contributed by atoms with Gasteiger partial charge in [0.15, 0.2) is 11.5 Å². The van der Waals surface area contributed by atoms with E-state index < -0.39 is 30.1 Å². The fraction of sp³-hybridized carbons (Fsp3) is 0.615. The third-order valence-electron chi connectivity index (χ3n) is 4.92. The number of carbonyl (C=O) groups is 4. The topological polar surface area (TPSA) is 126 Å². The number of esters is 3. The smallest absolute Gasteiger partial charge is 0.468 e. The Kier molecular flexibility index (Phi) is 14.9. The monoisotopic (exact) mass is 509 g/mol. The molecule has 0 aliphatic rings. The van der Waals surface area contributed by atoms with Crippen LogP contribution in [0.1, 0.15) is 65.4 Å². The number of ether oxygens (including phenoxy) is 5. The summed E-state index contributed by atoms with van der Waals surface area (Å²) in [5.74, 6) is -0.761. The molecular formula is C26H39NO9. The van der Waals surface area contributed by atoms with Crippen LogP contribution in [0, 0.1) is 5.92 Å². The van der Waals surface area contributed by atoms with Crippen molar-refractivity contribution in [1.29, 1.82) is 0 Å². The molecule has 0 heterocycles. The number of hydrogen-bond donors (Lipinski definition) is 1. The molecule has 1 N–H and O–H groups in total. The van der Waals surface area contributed by atoms with Crippen LogP contribution in [-0.2, 0) is 35.0 Å². The van der Waals surface area contributed by atoms with Crippen molar-refractivity contribution < 1.29 is 42.9 Å². The predicted molar refractivity (Wildman–Crippen MR) is 132 cm³/mol. The first kappa shape index (κ1) is 30.9. The molecule has 10 heteroatoms. The van der Waals surface area contributed by atoms with Gasteiger partial charge in [0, 0.05) is 19.4 Å². The summed E-state index contributed by atoms with van der Waals surface area (Å²) < 4.78 is 25.7. The zero-order valence-corrected chi connectivity index (χ0v) is 21.9. The van der Waals surface area contributed by atoms with Crippen molar-refractivity contribution >= 4 is 24.1 Å². The lowest BCUT2D eigenvalue weighted by molar-refractivity contribution is -0.143. The fourth-order valence-corrected chi connectivity index (χ4v) is 3.00. The molecule has 0 fully saturated rings. The third-order valence-corrected chi connectivity index (χ3v) is 4.92. The zero-order valence-electron chi connectivity index (χ0n) is 21.9. The Morgan fingerprint density at radius 1 is 0.889 bits per heavy atom. The molecule has 0 aliphatic heterocycles. The first-order valence-corrected chi connectivity index (χ1v) is 12.3. The van der Waals surface area contributed by atoms with E-state index in [4.69, 9.17) is 23.7 Å². The van der Waals surface area contributed by atoms with Crippen molar-refractivity contribution in [2.24, 2.45) is 5.92 Å². The van der Waals surface area contributed by atoms with Gasteiger partial charge in [0.25, 0.3) is 0 Å². The quantitative estimate of drug-likeness (QED) is 0.199. The minimum absolute atomic E-state index is 0.000203. The lowest BCUT2D eigenvalue weighted by Crippen LogP contribution is -2.41. The molecule has 0 saturated carbocycles. The Balaban J connectivity index is 2.83. The maximum Gasteiger partial charge on any atom is 0.508 e. The van der Waals surface area contributed by atoms with Gasteiger partial charge in [-0.25, -0.2) is 4.79 Å². The molecule has 0 radical (unpaired) electrons. The molecule has 1 aromatic carbocycles. The van der Waals surface area contributed by atoms with Crippen LogP contribution in [0.5, 0.6) is 11.5 Å². The highest BCUT2D eigenvalue weighted by molar-refractivity contribution is 5.77. The minimum Gasteiger partial charge on any atom is -0.468 e. The number of nitrogens with one attached hydrogen (secondary N) is 1. The maximum atomic E-state index is 12.3. The number of carbonyl (C=O) groups excluding carboxylic acids is 4. The lowest BCUT2D eigenvalue weighted by atomic mass is 10.1. The Hall–Kier alpha value is -3.14. The molecule has 0 bridgehead atoms. The molecule has 1 rings (SSSR count). The van der Waals surface area contributed by atoms with E-state index in [2.05, 4.69) is 5.32 Å². The van der Waals surface area contributed by atoms with E-state index in [0.717, 1.165) is 6.42 Å². The van der Waals surface area contributed by atoms with Gasteiger partial charge in [-0.1, -0.05) is 33.8 Å². The van der Waals surface area contributed by atoms with Gasteiger partial charge >= 0.3 is 24.1 Å². The third kappa shape index (κ3) is 12.5. The fourth-order valence-electron chi connectivity index (χ4n) is 3.00. The van der Waals surface area contributed by atoms with Gasteiger partial charge in [-0.3, -0.25) is 14.4 Å². The van der Waals surface area contributed by atoms with Crippen LogP contribution in [0.4, 0.5) is 4.79 Å². The summed E-state index contributed by atoms with van der Waals surface area (Å²) in [4.78, 5) is 48.0. The van der Waals surface area contributed by atoms with E-state index >= 15 is 0 Å². The van der Waals surface area contributed by atoms with E-state index in [9.17, 15) is 19.2 Å². The Labute approximate surface area is 212 Å². The molecule has 10 nitrogen and oxygen atoms in total. The van der Waals surface area contributed by atoms with Gasteiger partial charge < -0.3 is 29.0 Å². The average Bonchev–Trinajstić information content (AvgIpc) is 2.82. The van der Waals surface area contributed by atoms with Crippen LogP contribution >= 0.6 is 0 Å². The van der Waals surface area contributed by atoms with Crippen LogP contribution in [0.3, 0.4) is 0 Å². The summed E-state index contributed by atoms with van der Waals surface area (Å²) in [5.41, 5.74) is 0.640. The van der Waals surface area contributed by atoms with Gasteiger partial charge in [-0.2, -0.15) is 0 Å². The van der Waals surface area contributed by atoms with Gasteiger partial charge in [-0.15, -0.1) is 0 Å². The molecule has 0 aliphatic carbocycles. The summed E-state index contributed by atoms with van der Waals surface area (Å²) in [6.45, 7) is 8.22. The largest absolute Gasteiger partial charge is 0.508 e. The van der Waals surface area contributed by atoms with Crippen LogP contribution < -0.4 is 14.8 Å². The summed E-state index contributed by atoms with van der Waals surface area (Å²) in [7, 11) is 1.27. The molecular weight excluding hydrogens is 470 g/mol. The molecule has 202 valence electrons. The number of benzene rings is 1. The van der Waals surface area contributed by atoms with Crippen LogP contribution in [0.25, 0.3) is 0 Å². The van der Waals surface area contributed by atoms with Gasteiger partial charge in [0.1, 0.15) is 12.6 Å². The number of methoxy groups -OCH3 is 1. The van der Waals surface area contributed by atoms with Crippen LogP contribution in [-0.4, -0.2) is 57.0 Å². The summed E-state index contributed by atoms with van der Waals surface area (Å²) in [6.07, 6.45) is 1.82. The van der Waals surface area contributed by atoms with Gasteiger partial charge in [0.2, 0.25) is 0 Å². The van der Waals surface area contributed by atoms with Crippen molar-refractivity contribution in [1.82, 2.24) is 5.32 Å². The first-order valence-electron chi connectivity index (χ1n) is 12.3. The van der Waals surface area contributed by atoms with Crippen molar-refractivity contribution in [3.8, 4) is 11.5 Å². The summed E-state index contributed by atoms with van der Waals surface area (Å²) >= 11 is 0. The van der Waals surface area contributed by atoms with Crippen LogP contribution in [0.2, 0.25) is 0 Å². The van der Waals surface area contributed by atoms with E-state index in [1.807, 2.05) is 27.7 Å². The Morgan fingerprint density at radius 2 is 1.50 bits per heavy atom. The van der Waals surface area contributed by atoms with E-state index in [0.29, 0.717) is 24.3 Å². The lowest BCUT2D eigenvalue weighted by Gasteiger charge is -2.18. The molecule has 0 unspecified atom stereocenters. The highest BCUT2D eigenvalue weighted by Crippen LogP contribution is 2.30. The van der Waals surface area contributed by atoms with Gasteiger partial charge in [0.05, 0.1) is 13.7 Å². The van der Waals surface area contributed by atoms with Gasteiger partial charge in [-0.05, 0) is 49.3 Å². The number of hydrogen-bond acceptors (Lipinski definition) is 10. The Bertz CT molecular complexity index is 854. The molecule has 1 atom stereocenters. The molecule has 0 aromatic heterocycles. The summed E-state index contributed by atoms with van der Waals surface area (Å²) in [6, 6.07) is 4.00. The molecule has 0 spiro atoms. The van der Waals surface area contributed by atoms with Crippen molar-refractivity contribution in [3.63, 3.8) is 0 Å².